The van der Waals surface area contributed by atoms with E-state index in [-0.39, 0.29) is 6.61 Å². The first kappa shape index (κ1) is 15.3. The Balaban J connectivity index is 1.82. The van der Waals surface area contributed by atoms with Gasteiger partial charge < -0.3 is 15.6 Å². The standard InChI is InChI=1S/C16H26N2O2/c17-13-14-5-1-2-7-16(14)20-12-10-18-9-4-3-6-15(18)8-11-19/h1-2,5,7,15,19H,3-4,6,8-13,17H2. The Bertz CT molecular complexity index is 396. The van der Waals surface area contributed by atoms with Crippen LogP contribution in [0.2, 0.25) is 0 Å². The number of aliphatic hydroxyl groups is 1. The second kappa shape index (κ2) is 8.25. The summed E-state index contributed by atoms with van der Waals surface area (Å²) in [7, 11) is 0. The lowest BCUT2D eigenvalue weighted by Gasteiger charge is -2.35. The van der Waals surface area contributed by atoms with Crippen molar-refractivity contribution in [2.75, 3.05) is 26.3 Å². The lowest BCUT2D eigenvalue weighted by atomic mass is 10.00. The Kier molecular flexibility index (Phi) is 6.30. The molecule has 1 saturated heterocycles. The summed E-state index contributed by atoms with van der Waals surface area (Å²) in [6, 6.07) is 8.46. The zero-order chi connectivity index (χ0) is 14.2. The molecule has 0 amide bonds. The van der Waals surface area contributed by atoms with Crippen molar-refractivity contribution in [1.82, 2.24) is 4.90 Å². The number of hydrogen-bond donors (Lipinski definition) is 2. The van der Waals surface area contributed by atoms with Crippen molar-refractivity contribution in [3.63, 3.8) is 0 Å². The molecule has 0 saturated carbocycles. The Hall–Kier alpha value is -1.10. The van der Waals surface area contributed by atoms with E-state index in [1.807, 2.05) is 24.3 Å². The van der Waals surface area contributed by atoms with E-state index in [0.717, 1.165) is 30.8 Å². The normalized spacial score (nSPS) is 20.0. The number of ether oxygens (including phenoxy) is 1. The molecule has 1 aliphatic rings. The molecule has 1 aliphatic heterocycles. The van der Waals surface area contributed by atoms with Gasteiger partial charge in [0.2, 0.25) is 0 Å². The van der Waals surface area contributed by atoms with E-state index >= 15 is 0 Å². The molecule has 0 bridgehead atoms. The summed E-state index contributed by atoms with van der Waals surface area (Å²) in [6.07, 6.45) is 4.60. The first-order chi connectivity index (χ1) is 9.85. The smallest absolute Gasteiger partial charge is 0.123 e. The van der Waals surface area contributed by atoms with E-state index in [1.165, 1.54) is 19.3 Å². The molecule has 4 heteroatoms. The minimum atomic E-state index is 0.276. The van der Waals surface area contributed by atoms with Gasteiger partial charge in [-0.3, -0.25) is 4.90 Å². The predicted octanol–water partition coefficient (Wildman–Crippen LogP) is 1.76. The van der Waals surface area contributed by atoms with Gasteiger partial charge in [0, 0.05) is 31.3 Å². The minimum absolute atomic E-state index is 0.276. The van der Waals surface area contributed by atoms with Gasteiger partial charge in [-0.05, 0) is 31.9 Å². The largest absolute Gasteiger partial charge is 0.492 e. The van der Waals surface area contributed by atoms with Gasteiger partial charge in [-0.25, -0.2) is 0 Å². The molecule has 1 aromatic rings. The Morgan fingerprint density at radius 3 is 2.95 bits per heavy atom. The molecule has 1 unspecified atom stereocenters. The zero-order valence-electron chi connectivity index (χ0n) is 12.1. The van der Waals surface area contributed by atoms with Gasteiger partial charge in [-0.1, -0.05) is 24.6 Å². The highest BCUT2D eigenvalue weighted by Crippen LogP contribution is 2.20. The summed E-state index contributed by atoms with van der Waals surface area (Å²) in [5.41, 5.74) is 6.76. The summed E-state index contributed by atoms with van der Waals surface area (Å²) in [6.45, 7) is 3.50. The third-order valence-electron chi connectivity index (χ3n) is 4.04. The van der Waals surface area contributed by atoms with E-state index in [9.17, 15) is 0 Å². The summed E-state index contributed by atoms with van der Waals surface area (Å²) in [4.78, 5) is 2.45. The molecule has 0 radical (unpaired) electrons. The van der Waals surface area contributed by atoms with Crippen LogP contribution in [-0.4, -0.2) is 42.4 Å². The van der Waals surface area contributed by atoms with Crippen LogP contribution in [0.5, 0.6) is 5.75 Å². The molecule has 20 heavy (non-hydrogen) atoms. The Morgan fingerprint density at radius 1 is 1.30 bits per heavy atom. The van der Waals surface area contributed by atoms with Gasteiger partial charge in [0.1, 0.15) is 12.4 Å². The average molecular weight is 278 g/mol. The van der Waals surface area contributed by atoms with Gasteiger partial charge >= 0.3 is 0 Å². The zero-order valence-corrected chi connectivity index (χ0v) is 12.1. The van der Waals surface area contributed by atoms with Gasteiger partial charge in [0.15, 0.2) is 0 Å². The van der Waals surface area contributed by atoms with Crippen LogP contribution in [-0.2, 0) is 6.54 Å². The molecule has 4 nitrogen and oxygen atoms in total. The van der Waals surface area contributed by atoms with Crippen molar-refractivity contribution in [3.05, 3.63) is 29.8 Å². The topological polar surface area (TPSA) is 58.7 Å². The summed E-state index contributed by atoms with van der Waals surface area (Å²) in [5.74, 6) is 0.894. The maximum atomic E-state index is 9.14. The number of para-hydroxylation sites is 1. The lowest BCUT2D eigenvalue weighted by Crippen LogP contribution is -2.42. The molecule has 1 heterocycles. The van der Waals surface area contributed by atoms with Crippen LogP contribution in [0.15, 0.2) is 24.3 Å². The van der Waals surface area contributed by atoms with Crippen molar-refractivity contribution in [1.29, 1.82) is 0 Å². The molecule has 0 aliphatic carbocycles. The van der Waals surface area contributed by atoms with Gasteiger partial charge in [0.25, 0.3) is 0 Å². The number of aliphatic hydroxyl groups excluding tert-OH is 1. The monoisotopic (exact) mass is 278 g/mol. The molecule has 1 aromatic carbocycles. The molecular formula is C16H26N2O2. The molecule has 1 fully saturated rings. The third kappa shape index (κ3) is 4.20. The maximum Gasteiger partial charge on any atom is 0.123 e. The minimum Gasteiger partial charge on any atom is -0.492 e. The first-order valence-corrected chi connectivity index (χ1v) is 7.61. The summed E-state index contributed by atoms with van der Waals surface area (Å²) < 4.78 is 5.87. The maximum absolute atomic E-state index is 9.14. The van der Waals surface area contributed by atoms with Crippen LogP contribution in [0.3, 0.4) is 0 Å². The van der Waals surface area contributed by atoms with E-state index in [4.69, 9.17) is 15.6 Å². The molecule has 1 atom stereocenters. The highest BCUT2D eigenvalue weighted by molar-refractivity contribution is 5.32. The molecule has 2 rings (SSSR count). The molecule has 3 N–H and O–H groups in total. The van der Waals surface area contributed by atoms with Crippen molar-refractivity contribution in [3.8, 4) is 5.75 Å². The number of piperidine rings is 1. The highest BCUT2D eigenvalue weighted by Gasteiger charge is 2.21. The lowest BCUT2D eigenvalue weighted by molar-refractivity contribution is 0.101. The number of likely N-dealkylation sites (tertiary alicyclic amines) is 1. The summed E-state index contributed by atoms with van der Waals surface area (Å²) in [5, 5.41) is 9.14. The van der Waals surface area contributed by atoms with Crippen LogP contribution < -0.4 is 10.5 Å². The van der Waals surface area contributed by atoms with E-state index in [1.54, 1.807) is 0 Å². The van der Waals surface area contributed by atoms with E-state index in [2.05, 4.69) is 4.90 Å². The third-order valence-corrected chi connectivity index (χ3v) is 4.04. The van der Waals surface area contributed by atoms with Crippen LogP contribution in [0, 0.1) is 0 Å². The van der Waals surface area contributed by atoms with E-state index < -0.39 is 0 Å². The molecule has 0 aromatic heterocycles. The predicted molar refractivity (Wildman–Crippen MR) is 80.7 cm³/mol. The highest BCUT2D eigenvalue weighted by atomic mass is 16.5. The SMILES string of the molecule is NCc1ccccc1OCCN1CCCCC1CCO. The van der Waals surface area contributed by atoms with Crippen molar-refractivity contribution >= 4 is 0 Å². The number of nitrogens with two attached hydrogens (primary N) is 1. The van der Waals surface area contributed by atoms with Gasteiger partial charge in [-0.2, -0.15) is 0 Å². The average Bonchev–Trinajstić information content (AvgIpc) is 2.50. The second-order valence-electron chi connectivity index (χ2n) is 5.36. The summed E-state index contributed by atoms with van der Waals surface area (Å²) >= 11 is 0. The number of hydrogen-bond acceptors (Lipinski definition) is 4. The Labute approximate surface area is 121 Å². The molecular weight excluding hydrogens is 252 g/mol. The van der Waals surface area contributed by atoms with Crippen LogP contribution >= 0.6 is 0 Å². The fourth-order valence-electron chi connectivity index (χ4n) is 2.92. The van der Waals surface area contributed by atoms with Crippen molar-refractivity contribution in [2.45, 2.75) is 38.3 Å². The number of rotatable bonds is 7. The van der Waals surface area contributed by atoms with Crippen LogP contribution in [0.1, 0.15) is 31.2 Å². The second-order valence-corrected chi connectivity index (χ2v) is 5.36. The molecule has 112 valence electrons. The van der Waals surface area contributed by atoms with Crippen molar-refractivity contribution in [2.24, 2.45) is 5.73 Å². The van der Waals surface area contributed by atoms with E-state index in [0.29, 0.717) is 19.2 Å². The molecule has 0 spiro atoms. The number of benzene rings is 1. The van der Waals surface area contributed by atoms with Gasteiger partial charge in [-0.15, -0.1) is 0 Å². The number of nitrogens with zero attached hydrogens (tertiary/aromatic N) is 1. The van der Waals surface area contributed by atoms with Crippen LogP contribution in [0.25, 0.3) is 0 Å². The van der Waals surface area contributed by atoms with Crippen molar-refractivity contribution < 1.29 is 9.84 Å². The fraction of sp³-hybridized carbons (Fsp3) is 0.625. The fourth-order valence-corrected chi connectivity index (χ4v) is 2.92. The Morgan fingerprint density at radius 2 is 2.15 bits per heavy atom. The van der Waals surface area contributed by atoms with Crippen LogP contribution in [0.4, 0.5) is 0 Å². The quantitative estimate of drug-likeness (QED) is 0.798. The first-order valence-electron chi connectivity index (χ1n) is 7.61. The van der Waals surface area contributed by atoms with Gasteiger partial charge in [0.05, 0.1) is 0 Å².